The van der Waals surface area contributed by atoms with Gasteiger partial charge in [-0.05, 0) is 19.8 Å². The van der Waals surface area contributed by atoms with Crippen LogP contribution < -0.4 is 0 Å². The molecule has 2 aliphatic rings. The Balaban J connectivity index is 2.06. The molecule has 0 N–H and O–H groups in total. The van der Waals surface area contributed by atoms with Crippen molar-refractivity contribution in [2.75, 3.05) is 0 Å². The first-order valence-electron chi connectivity index (χ1n) is 6.44. The van der Waals surface area contributed by atoms with Gasteiger partial charge in [-0.15, -0.1) is 0 Å². The van der Waals surface area contributed by atoms with Crippen molar-refractivity contribution < 1.29 is 14.6 Å². The maximum absolute atomic E-state index is 11.8. The minimum Gasteiger partial charge on any atom is -0.299 e. The number of ketones is 1. The molecule has 0 aromatic heterocycles. The normalized spacial score (nSPS) is 43.4. The van der Waals surface area contributed by atoms with E-state index in [4.69, 9.17) is 9.78 Å². The molecule has 0 aromatic rings. The van der Waals surface area contributed by atoms with Gasteiger partial charge in [-0.1, -0.05) is 26.7 Å². The average Bonchev–Trinajstić information content (AvgIpc) is 2.27. The van der Waals surface area contributed by atoms with Gasteiger partial charge in [0.1, 0.15) is 17.5 Å². The van der Waals surface area contributed by atoms with Gasteiger partial charge in [-0.25, -0.2) is 9.78 Å². The monoisotopic (exact) mass is 226 g/mol. The van der Waals surface area contributed by atoms with E-state index in [0.29, 0.717) is 18.1 Å². The summed E-state index contributed by atoms with van der Waals surface area (Å²) in [4.78, 5) is 22.9. The molecule has 92 valence electrons. The van der Waals surface area contributed by atoms with Crippen LogP contribution in [0.25, 0.3) is 0 Å². The van der Waals surface area contributed by atoms with Gasteiger partial charge in [-0.2, -0.15) is 0 Å². The van der Waals surface area contributed by atoms with Crippen LogP contribution in [0.4, 0.5) is 0 Å². The van der Waals surface area contributed by atoms with E-state index in [1.807, 2.05) is 6.92 Å². The van der Waals surface area contributed by atoms with Crippen LogP contribution in [0.3, 0.4) is 0 Å². The topological polar surface area (TPSA) is 35.5 Å². The van der Waals surface area contributed by atoms with Gasteiger partial charge in [0.2, 0.25) is 0 Å². The molecular weight excluding hydrogens is 204 g/mol. The van der Waals surface area contributed by atoms with Gasteiger partial charge in [-0.3, -0.25) is 4.79 Å². The second-order valence-corrected chi connectivity index (χ2v) is 5.53. The molecule has 1 saturated carbocycles. The molecule has 0 aromatic carbocycles. The van der Waals surface area contributed by atoms with Gasteiger partial charge >= 0.3 is 0 Å². The summed E-state index contributed by atoms with van der Waals surface area (Å²) in [6.07, 6.45) is 4.90. The Kier molecular flexibility index (Phi) is 3.36. The highest BCUT2D eigenvalue weighted by Gasteiger charge is 2.49. The molecule has 1 aliphatic heterocycles. The molecule has 1 heterocycles. The third-order valence-corrected chi connectivity index (χ3v) is 4.28. The largest absolute Gasteiger partial charge is 0.299 e. The van der Waals surface area contributed by atoms with E-state index in [1.54, 1.807) is 0 Å². The summed E-state index contributed by atoms with van der Waals surface area (Å²) in [6, 6.07) is 0. The minimum absolute atomic E-state index is 0.00646. The van der Waals surface area contributed by atoms with E-state index in [9.17, 15) is 4.79 Å². The maximum Gasteiger partial charge on any atom is 0.138 e. The van der Waals surface area contributed by atoms with Crippen molar-refractivity contribution in [2.24, 2.45) is 11.8 Å². The first-order chi connectivity index (χ1) is 7.57. The lowest BCUT2D eigenvalue weighted by atomic mass is 9.70. The fourth-order valence-corrected chi connectivity index (χ4v) is 2.81. The van der Waals surface area contributed by atoms with Crippen LogP contribution in [-0.2, 0) is 14.6 Å². The lowest BCUT2D eigenvalue weighted by Gasteiger charge is -2.47. The van der Waals surface area contributed by atoms with Crippen molar-refractivity contribution in [2.45, 2.75) is 64.6 Å². The van der Waals surface area contributed by atoms with Gasteiger partial charge in [0, 0.05) is 18.3 Å². The Hall–Kier alpha value is -0.410. The molecule has 3 nitrogen and oxygen atoms in total. The average molecular weight is 226 g/mol. The predicted octanol–water partition coefficient (Wildman–Crippen LogP) is 2.88. The van der Waals surface area contributed by atoms with Gasteiger partial charge in [0.25, 0.3) is 0 Å². The number of Topliss-reactive ketones (excluding diaryl/α,β-unsaturated/α-hetero) is 1. The number of fused-ring (bicyclic) bond motifs is 2. The summed E-state index contributed by atoms with van der Waals surface area (Å²) < 4.78 is 0. The lowest BCUT2D eigenvalue weighted by Crippen LogP contribution is -2.52. The van der Waals surface area contributed by atoms with Crippen molar-refractivity contribution in [1.82, 2.24) is 0 Å². The Morgan fingerprint density at radius 2 is 2.25 bits per heavy atom. The minimum atomic E-state index is -0.248. The third-order valence-electron chi connectivity index (χ3n) is 4.28. The molecule has 16 heavy (non-hydrogen) atoms. The highest BCUT2D eigenvalue weighted by molar-refractivity contribution is 5.82. The van der Waals surface area contributed by atoms with Crippen molar-refractivity contribution >= 4 is 5.78 Å². The van der Waals surface area contributed by atoms with Crippen LogP contribution in [0.2, 0.25) is 0 Å². The van der Waals surface area contributed by atoms with Crippen molar-refractivity contribution in [3.8, 4) is 0 Å². The molecule has 0 unspecified atom stereocenters. The molecule has 2 bridgehead atoms. The van der Waals surface area contributed by atoms with Crippen LogP contribution in [0.5, 0.6) is 0 Å². The first-order valence-corrected chi connectivity index (χ1v) is 6.44. The summed E-state index contributed by atoms with van der Waals surface area (Å²) in [5.74, 6) is 0.695. The second-order valence-electron chi connectivity index (χ2n) is 5.53. The number of carbonyl (C=O) groups is 1. The van der Waals surface area contributed by atoms with Gasteiger partial charge in [0.05, 0.1) is 0 Å². The Labute approximate surface area is 97.4 Å². The quantitative estimate of drug-likeness (QED) is 0.694. The number of rotatable bonds is 3. The van der Waals surface area contributed by atoms with E-state index >= 15 is 0 Å². The summed E-state index contributed by atoms with van der Waals surface area (Å²) >= 11 is 0. The molecule has 3 heteroatoms. The Morgan fingerprint density at radius 3 is 2.94 bits per heavy atom. The van der Waals surface area contributed by atoms with Crippen LogP contribution in [0.15, 0.2) is 0 Å². The van der Waals surface area contributed by atoms with Crippen molar-refractivity contribution in [3.05, 3.63) is 0 Å². The van der Waals surface area contributed by atoms with E-state index in [-0.39, 0.29) is 17.6 Å². The zero-order valence-corrected chi connectivity index (χ0v) is 10.5. The van der Waals surface area contributed by atoms with E-state index in [1.165, 1.54) is 0 Å². The molecule has 0 radical (unpaired) electrons. The lowest BCUT2D eigenvalue weighted by molar-refractivity contribution is -0.429. The fourth-order valence-electron chi connectivity index (χ4n) is 2.81. The summed E-state index contributed by atoms with van der Waals surface area (Å²) in [5, 5.41) is 0. The molecule has 1 saturated heterocycles. The predicted molar refractivity (Wildman–Crippen MR) is 60.8 cm³/mol. The number of unbranched alkanes of at least 4 members (excludes halogenated alkanes) is 1. The second kappa shape index (κ2) is 4.46. The maximum atomic E-state index is 11.8. The Morgan fingerprint density at radius 1 is 1.50 bits per heavy atom. The van der Waals surface area contributed by atoms with Crippen LogP contribution in [0, 0.1) is 11.8 Å². The smallest absolute Gasteiger partial charge is 0.138 e. The zero-order valence-electron chi connectivity index (χ0n) is 10.5. The Bertz CT molecular complexity index is 276. The van der Waals surface area contributed by atoms with Crippen molar-refractivity contribution in [3.63, 3.8) is 0 Å². The highest BCUT2D eigenvalue weighted by atomic mass is 17.2. The SMILES string of the molecule is CCCC[C@@]1(C)OO[C@@H]2C[C@H]1CC(=O)[C@@H]2C. The third kappa shape index (κ3) is 2.03. The van der Waals surface area contributed by atoms with Crippen LogP contribution in [0.1, 0.15) is 52.9 Å². The molecular formula is C13H22O3. The fraction of sp³-hybridized carbons (Fsp3) is 0.923. The molecule has 4 atom stereocenters. The number of hydrogen-bond donors (Lipinski definition) is 0. The van der Waals surface area contributed by atoms with E-state index in [2.05, 4.69) is 13.8 Å². The number of hydrogen-bond acceptors (Lipinski definition) is 3. The summed E-state index contributed by atoms with van der Waals surface area (Å²) in [7, 11) is 0. The summed E-state index contributed by atoms with van der Waals surface area (Å²) in [6.45, 7) is 6.21. The van der Waals surface area contributed by atoms with E-state index in [0.717, 1.165) is 25.7 Å². The molecule has 0 amide bonds. The molecule has 2 rings (SSSR count). The first kappa shape index (κ1) is 12.1. The highest BCUT2D eigenvalue weighted by Crippen LogP contribution is 2.44. The molecule has 1 aliphatic carbocycles. The van der Waals surface area contributed by atoms with Gasteiger partial charge < -0.3 is 0 Å². The van der Waals surface area contributed by atoms with Gasteiger partial charge in [0.15, 0.2) is 0 Å². The van der Waals surface area contributed by atoms with Crippen LogP contribution in [-0.4, -0.2) is 17.5 Å². The molecule has 2 fully saturated rings. The molecule has 0 spiro atoms. The standard InChI is InChI=1S/C13H22O3/c1-4-5-6-13(3)10-7-11(14)9(2)12(8-10)15-16-13/h9-10,12H,4-8H2,1-3H3/t9-,10+,12+,13+/m0/s1. The number of carbonyl (C=O) groups excluding carboxylic acids is 1. The summed E-state index contributed by atoms with van der Waals surface area (Å²) in [5.41, 5.74) is -0.248. The zero-order chi connectivity index (χ0) is 11.8. The van der Waals surface area contributed by atoms with Crippen molar-refractivity contribution in [1.29, 1.82) is 0 Å². The van der Waals surface area contributed by atoms with E-state index < -0.39 is 0 Å². The van der Waals surface area contributed by atoms with Crippen LogP contribution >= 0.6 is 0 Å².